The van der Waals surface area contributed by atoms with E-state index in [0.29, 0.717) is 11.7 Å². The molecule has 3 heteroatoms. The Morgan fingerprint density at radius 3 is 2.83 bits per heavy atom. The molecule has 0 aromatic rings. The highest BCUT2D eigenvalue weighted by Crippen LogP contribution is 2.53. The first kappa shape index (κ1) is 18.5. The molecule has 1 saturated carbocycles. The Balaban J connectivity index is 2.02. The second-order valence-electron chi connectivity index (χ2n) is 8.27. The van der Waals surface area contributed by atoms with Crippen LogP contribution in [0.2, 0.25) is 13.1 Å². The van der Waals surface area contributed by atoms with Gasteiger partial charge < -0.3 is 4.43 Å². The maximum absolute atomic E-state index is 12.2. The van der Waals surface area contributed by atoms with Crippen molar-refractivity contribution in [3.05, 3.63) is 11.6 Å². The van der Waals surface area contributed by atoms with Gasteiger partial charge in [-0.1, -0.05) is 37.3 Å². The molecule has 0 bridgehead atoms. The largest absolute Gasteiger partial charge is 0.405 e. The first-order valence-electron chi connectivity index (χ1n) is 9.07. The predicted octanol–water partition coefficient (Wildman–Crippen LogP) is 4.50. The van der Waals surface area contributed by atoms with Gasteiger partial charge >= 0.3 is 0 Å². The predicted molar refractivity (Wildman–Crippen MR) is 98.8 cm³/mol. The topological polar surface area (TPSA) is 26.3 Å². The smallest absolute Gasteiger partial charge is 0.172 e. The van der Waals surface area contributed by atoms with E-state index in [0.717, 1.165) is 32.1 Å². The van der Waals surface area contributed by atoms with Crippen LogP contribution in [0.5, 0.6) is 0 Å². The lowest BCUT2D eigenvalue weighted by Crippen LogP contribution is -2.36. The van der Waals surface area contributed by atoms with Gasteiger partial charge in [-0.15, -0.1) is 0 Å². The van der Waals surface area contributed by atoms with Crippen molar-refractivity contribution in [1.29, 1.82) is 0 Å². The third kappa shape index (κ3) is 4.16. The molecule has 1 fully saturated rings. The normalized spacial score (nSPS) is 28.9. The summed E-state index contributed by atoms with van der Waals surface area (Å²) in [5.74, 6) is 7.79. The molecular formula is C20H32O2Si. The molecule has 0 radical (unpaired) electrons. The molecule has 0 aliphatic heterocycles. The molecule has 0 aromatic heterocycles. The summed E-state index contributed by atoms with van der Waals surface area (Å²) in [6, 6.07) is 0. The highest BCUT2D eigenvalue weighted by Gasteiger charge is 2.47. The zero-order chi connectivity index (χ0) is 17.3. The van der Waals surface area contributed by atoms with Gasteiger partial charge in [0.1, 0.15) is 11.4 Å². The minimum absolute atomic E-state index is 0.0906. The molecule has 2 aliphatic carbocycles. The van der Waals surface area contributed by atoms with Gasteiger partial charge in [0.25, 0.3) is 0 Å². The van der Waals surface area contributed by atoms with Crippen LogP contribution in [0.1, 0.15) is 59.8 Å². The second kappa shape index (κ2) is 6.95. The van der Waals surface area contributed by atoms with Crippen LogP contribution in [-0.4, -0.2) is 20.4 Å². The van der Waals surface area contributed by atoms with Crippen molar-refractivity contribution in [3.8, 4) is 11.8 Å². The number of ketones is 1. The van der Waals surface area contributed by atoms with Crippen molar-refractivity contribution in [2.24, 2.45) is 17.3 Å². The Hall–Kier alpha value is -0.853. The van der Waals surface area contributed by atoms with E-state index in [1.165, 1.54) is 5.57 Å². The van der Waals surface area contributed by atoms with Crippen molar-refractivity contribution in [2.45, 2.75) is 78.5 Å². The molecule has 0 aromatic carbocycles. The Labute approximate surface area is 143 Å². The van der Waals surface area contributed by atoms with Crippen LogP contribution in [0.4, 0.5) is 0 Å². The first-order valence-corrected chi connectivity index (χ1v) is 11.8. The summed E-state index contributed by atoms with van der Waals surface area (Å²) < 4.78 is 5.97. The van der Waals surface area contributed by atoms with Gasteiger partial charge in [0.15, 0.2) is 9.04 Å². The average Bonchev–Trinajstić information content (AvgIpc) is 2.75. The highest BCUT2D eigenvalue weighted by molar-refractivity contribution is 6.48. The number of carbonyl (C=O) groups excluding carboxylic acids is 1. The number of Topliss-reactive ketones (excluding diaryl/α,β-unsaturated/α-hetero) is 1. The van der Waals surface area contributed by atoms with E-state index in [4.69, 9.17) is 4.43 Å². The summed E-state index contributed by atoms with van der Waals surface area (Å²) in [6.45, 7) is 13.0. The molecule has 0 spiro atoms. The van der Waals surface area contributed by atoms with E-state index in [9.17, 15) is 4.79 Å². The van der Waals surface area contributed by atoms with Crippen molar-refractivity contribution in [2.75, 3.05) is 0 Å². The van der Waals surface area contributed by atoms with Crippen molar-refractivity contribution >= 4 is 14.8 Å². The Kier molecular flexibility index (Phi) is 5.58. The third-order valence-electron chi connectivity index (χ3n) is 5.37. The van der Waals surface area contributed by atoms with Gasteiger partial charge in [0.05, 0.1) is 0 Å². The van der Waals surface area contributed by atoms with Gasteiger partial charge in [-0.25, -0.2) is 0 Å². The number of allylic oxidation sites excluding steroid dienone is 2. The van der Waals surface area contributed by atoms with E-state index in [2.05, 4.69) is 58.7 Å². The Morgan fingerprint density at radius 1 is 1.48 bits per heavy atom. The fourth-order valence-electron chi connectivity index (χ4n) is 4.46. The number of hydrogen-bond acceptors (Lipinski definition) is 2. The van der Waals surface area contributed by atoms with Crippen LogP contribution < -0.4 is 0 Å². The summed E-state index contributed by atoms with van der Waals surface area (Å²) in [5, 5.41) is 0. The molecule has 128 valence electrons. The lowest BCUT2D eigenvalue weighted by molar-refractivity contribution is -0.128. The molecular weight excluding hydrogens is 300 g/mol. The standard InChI is InChI=1S/C20H32O2Si/c1-15(9-7-13-19(2,3)22-23(5)6)16-11-12-17-18(21)10-8-14-20(16,17)4/h11,15,17,23H,8-10,12,14H2,1-6H3/t15-,17?,20-/m1/s1. The van der Waals surface area contributed by atoms with E-state index >= 15 is 0 Å². The molecule has 23 heavy (non-hydrogen) atoms. The summed E-state index contributed by atoms with van der Waals surface area (Å²) in [4.78, 5) is 12.2. The third-order valence-corrected chi connectivity index (χ3v) is 6.43. The molecule has 2 rings (SSSR count). The minimum atomic E-state index is -1.07. The molecule has 2 aliphatic rings. The zero-order valence-electron chi connectivity index (χ0n) is 15.7. The van der Waals surface area contributed by atoms with E-state index < -0.39 is 9.04 Å². The van der Waals surface area contributed by atoms with Gasteiger partial charge in [0.2, 0.25) is 0 Å². The van der Waals surface area contributed by atoms with Crippen molar-refractivity contribution in [3.63, 3.8) is 0 Å². The van der Waals surface area contributed by atoms with Crippen LogP contribution in [0, 0.1) is 29.1 Å². The van der Waals surface area contributed by atoms with Gasteiger partial charge in [-0.3, -0.25) is 4.79 Å². The molecule has 0 N–H and O–H groups in total. The van der Waals surface area contributed by atoms with Crippen molar-refractivity contribution < 1.29 is 9.22 Å². The van der Waals surface area contributed by atoms with Crippen LogP contribution in [0.3, 0.4) is 0 Å². The lowest BCUT2D eigenvalue weighted by atomic mass is 9.63. The number of hydrogen-bond donors (Lipinski definition) is 0. The zero-order valence-corrected chi connectivity index (χ0v) is 16.8. The molecule has 0 saturated heterocycles. The molecule has 1 unspecified atom stereocenters. The quantitative estimate of drug-likeness (QED) is 0.430. The summed E-state index contributed by atoms with van der Waals surface area (Å²) in [7, 11) is -1.07. The summed E-state index contributed by atoms with van der Waals surface area (Å²) in [6.07, 6.45) is 7.11. The average molecular weight is 333 g/mol. The monoisotopic (exact) mass is 332 g/mol. The molecule has 0 amide bonds. The van der Waals surface area contributed by atoms with E-state index in [1.54, 1.807) is 0 Å². The van der Waals surface area contributed by atoms with Crippen LogP contribution in [0.25, 0.3) is 0 Å². The fraction of sp³-hybridized carbons (Fsp3) is 0.750. The Morgan fingerprint density at radius 2 is 2.17 bits per heavy atom. The fourth-order valence-corrected chi connectivity index (χ4v) is 5.70. The summed E-state index contributed by atoms with van der Waals surface area (Å²) >= 11 is 0. The van der Waals surface area contributed by atoms with Gasteiger partial charge in [0, 0.05) is 18.8 Å². The molecule has 3 atom stereocenters. The van der Waals surface area contributed by atoms with Crippen LogP contribution in [-0.2, 0) is 9.22 Å². The number of rotatable bonds is 4. The SMILES string of the molecule is C[C@H](CC#CC(C)(C)O[SiH](C)C)C1=CCC2C(=O)CCC[C@]12C. The number of carbonyl (C=O) groups is 1. The number of fused-ring (bicyclic) bond motifs is 1. The van der Waals surface area contributed by atoms with Crippen LogP contribution >= 0.6 is 0 Å². The summed E-state index contributed by atoms with van der Waals surface area (Å²) in [5.41, 5.74) is 1.23. The first-order chi connectivity index (χ1) is 10.7. The second-order valence-corrected chi connectivity index (χ2v) is 10.6. The van der Waals surface area contributed by atoms with Crippen molar-refractivity contribution in [1.82, 2.24) is 0 Å². The minimum Gasteiger partial charge on any atom is -0.405 e. The highest BCUT2D eigenvalue weighted by atomic mass is 28.3. The maximum Gasteiger partial charge on any atom is 0.172 e. The molecule has 0 heterocycles. The van der Waals surface area contributed by atoms with Gasteiger partial charge in [-0.05, 0) is 57.5 Å². The lowest BCUT2D eigenvalue weighted by Gasteiger charge is -2.39. The van der Waals surface area contributed by atoms with E-state index in [-0.39, 0.29) is 16.9 Å². The van der Waals surface area contributed by atoms with Gasteiger partial charge in [-0.2, -0.15) is 0 Å². The molecule has 2 nitrogen and oxygen atoms in total. The maximum atomic E-state index is 12.2. The van der Waals surface area contributed by atoms with Crippen LogP contribution in [0.15, 0.2) is 11.6 Å². The van der Waals surface area contributed by atoms with E-state index in [1.807, 2.05) is 0 Å². The Bertz CT molecular complexity index is 550.